The van der Waals surface area contributed by atoms with Crippen molar-refractivity contribution in [3.63, 3.8) is 0 Å². The van der Waals surface area contributed by atoms with Crippen LogP contribution in [0.25, 0.3) is 0 Å². The Labute approximate surface area is 76.1 Å². The second-order valence-corrected chi connectivity index (χ2v) is 3.30. The van der Waals surface area contributed by atoms with Crippen molar-refractivity contribution in [2.75, 3.05) is 0 Å². The highest BCUT2D eigenvalue weighted by atomic mass is 16.5. The van der Waals surface area contributed by atoms with Crippen LogP contribution in [0.4, 0.5) is 0 Å². The van der Waals surface area contributed by atoms with E-state index in [1.807, 2.05) is 12.2 Å². The van der Waals surface area contributed by atoms with Gasteiger partial charge in [0.05, 0.1) is 0 Å². The minimum Gasteiger partial charge on any atom is -0.357 e. The molecule has 2 rings (SSSR count). The molecule has 2 aliphatic rings. The summed E-state index contributed by atoms with van der Waals surface area (Å²) >= 11 is 0. The Morgan fingerprint density at radius 1 is 1.08 bits per heavy atom. The predicted molar refractivity (Wildman–Crippen MR) is 46.2 cm³/mol. The van der Waals surface area contributed by atoms with Crippen LogP contribution in [0.1, 0.15) is 13.8 Å². The molecule has 3 heteroatoms. The van der Waals surface area contributed by atoms with Crippen molar-refractivity contribution in [2.45, 2.75) is 26.1 Å². The van der Waals surface area contributed by atoms with Gasteiger partial charge in [0, 0.05) is 11.1 Å². The molecule has 0 saturated heterocycles. The van der Waals surface area contributed by atoms with Gasteiger partial charge in [-0.3, -0.25) is 9.59 Å². The Balaban J connectivity index is 2.48. The van der Waals surface area contributed by atoms with Crippen LogP contribution >= 0.6 is 0 Å². The van der Waals surface area contributed by atoms with Crippen LogP contribution in [0.5, 0.6) is 0 Å². The highest BCUT2D eigenvalue weighted by Gasteiger charge is 2.39. The van der Waals surface area contributed by atoms with Crippen molar-refractivity contribution in [1.29, 1.82) is 0 Å². The van der Waals surface area contributed by atoms with Gasteiger partial charge in [0.25, 0.3) is 0 Å². The van der Waals surface area contributed by atoms with Crippen molar-refractivity contribution in [3.8, 4) is 0 Å². The molecule has 0 saturated carbocycles. The van der Waals surface area contributed by atoms with Crippen molar-refractivity contribution < 1.29 is 14.3 Å². The third-order valence-electron chi connectivity index (χ3n) is 2.37. The summed E-state index contributed by atoms with van der Waals surface area (Å²) in [4.78, 5) is 22.5. The van der Waals surface area contributed by atoms with Gasteiger partial charge in [-0.15, -0.1) is 0 Å². The second kappa shape index (κ2) is 2.64. The summed E-state index contributed by atoms with van der Waals surface area (Å²) in [7, 11) is 0. The fourth-order valence-electron chi connectivity index (χ4n) is 1.87. The summed E-state index contributed by atoms with van der Waals surface area (Å²) in [6.45, 7) is 2.94. The van der Waals surface area contributed by atoms with Crippen LogP contribution < -0.4 is 0 Å². The number of Topliss-reactive ketones (excluding diaryl/α,β-unsaturated/α-hetero) is 2. The van der Waals surface area contributed by atoms with Crippen molar-refractivity contribution in [1.82, 2.24) is 0 Å². The van der Waals surface area contributed by atoms with Crippen LogP contribution in [-0.2, 0) is 14.3 Å². The van der Waals surface area contributed by atoms with Crippen LogP contribution in [0.2, 0.25) is 0 Å². The fourth-order valence-corrected chi connectivity index (χ4v) is 1.87. The Hall–Kier alpha value is -1.22. The van der Waals surface area contributed by atoms with Gasteiger partial charge in [0.2, 0.25) is 0 Å². The van der Waals surface area contributed by atoms with E-state index in [4.69, 9.17) is 4.74 Å². The summed E-state index contributed by atoms with van der Waals surface area (Å²) in [6, 6.07) is 0. The third kappa shape index (κ3) is 1.08. The summed E-state index contributed by atoms with van der Waals surface area (Å²) in [6.07, 6.45) is 3.10. The zero-order chi connectivity index (χ0) is 9.59. The van der Waals surface area contributed by atoms with E-state index in [0.717, 1.165) is 0 Å². The predicted octanol–water partition coefficient (Wildman–Crippen LogP) is 0.798. The van der Waals surface area contributed by atoms with Crippen LogP contribution in [0.15, 0.2) is 23.3 Å². The number of hydrogen-bond acceptors (Lipinski definition) is 3. The van der Waals surface area contributed by atoms with E-state index in [9.17, 15) is 9.59 Å². The van der Waals surface area contributed by atoms with Gasteiger partial charge >= 0.3 is 0 Å². The number of carbonyl (C=O) groups is 2. The molecule has 0 radical (unpaired) electrons. The molecule has 0 aromatic heterocycles. The van der Waals surface area contributed by atoms with Gasteiger partial charge in [-0.05, 0) is 13.8 Å². The van der Waals surface area contributed by atoms with E-state index in [2.05, 4.69) is 0 Å². The Morgan fingerprint density at radius 3 is 1.77 bits per heavy atom. The first-order chi connectivity index (χ1) is 6.11. The van der Waals surface area contributed by atoms with Gasteiger partial charge in [-0.25, -0.2) is 0 Å². The molecule has 2 unspecified atom stereocenters. The summed E-state index contributed by atoms with van der Waals surface area (Å²) in [5, 5.41) is 0. The minimum absolute atomic E-state index is 0.0675. The molecule has 2 aliphatic heterocycles. The Morgan fingerprint density at radius 2 is 1.46 bits per heavy atom. The molecule has 0 N–H and O–H groups in total. The number of ketones is 2. The Bertz CT molecular complexity index is 317. The summed E-state index contributed by atoms with van der Waals surface area (Å²) < 4.78 is 5.39. The number of rotatable bonds is 2. The second-order valence-electron chi connectivity index (χ2n) is 3.30. The minimum atomic E-state index is -0.276. The van der Waals surface area contributed by atoms with E-state index >= 15 is 0 Å². The molecule has 2 atom stereocenters. The number of carbonyl (C=O) groups excluding carboxylic acids is 2. The largest absolute Gasteiger partial charge is 0.357 e. The molecular weight excluding hydrogens is 168 g/mol. The maximum absolute atomic E-state index is 11.2. The normalized spacial score (nSPS) is 30.0. The number of fused-ring (bicyclic) bond motifs is 2. The molecule has 0 aromatic rings. The van der Waals surface area contributed by atoms with E-state index < -0.39 is 0 Å². The molecule has 3 nitrogen and oxygen atoms in total. The van der Waals surface area contributed by atoms with Crippen LogP contribution in [0.3, 0.4) is 0 Å². The first-order valence-corrected chi connectivity index (χ1v) is 4.21. The van der Waals surface area contributed by atoms with E-state index in [1.165, 1.54) is 13.8 Å². The molecule has 0 fully saturated rings. The molecule has 0 amide bonds. The zero-order valence-corrected chi connectivity index (χ0v) is 7.53. The van der Waals surface area contributed by atoms with Gasteiger partial charge < -0.3 is 4.74 Å². The smallest absolute Gasteiger partial charge is 0.159 e. The quantitative estimate of drug-likeness (QED) is 0.587. The van der Waals surface area contributed by atoms with E-state index in [-0.39, 0.29) is 23.8 Å². The first-order valence-electron chi connectivity index (χ1n) is 4.21. The van der Waals surface area contributed by atoms with Crippen LogP contribution in [-0.4, -0.2) is 23.8 Å². The molecule has 13 heavy (non-hydrogen) atoms. The highest BCUT2D eigenvalue weighted by Crippen LogP contribution is 2.35. The average molecular weight is 178 g/mol. The lowest BCUT2D eigenvalue weighted by molar-refractivity contribution is -0.116. The van der Waals surface area contributed by atoms with Crippen molar-refractivity contribution in [2.24, 2.45) is 0 Å². The van der Waals surface area contributed by atoms with Crippen molar-refractivity contribution >= 4 is 11.6 Å². The molecular formula is C10H10O3. The lowest BCUT2D eigenvalue weighted by Gasteiger charge is -2.06. The fraction of sp³-hybridized carbons (Fsp3) is 0.400. The topological polar surface area (TPSA) is 43.4 Å². The summed E-state index contributed by atoms with van der Waals surface area (Å²) in [5.41, 5.74) is 1.08. The first kappa shape index (κ1) is 8.38. The van der Waals surface area contributed by atoms with Gasteiger partial charge in [-0.1, -0.05) is 12.2 Å². The van der Waals surface area contributed by atoms with Gasteiger partial charge in [0.1, 0.15) is 12.2 Å². The maximum Gasteiger partial charge on any atom is 0.159 e. The molecule has 68 valence electrons. The van der Waals surface area contributed by atoms with E-state index in [1.54, 1.807) is 0 Å². The number of ether oxygens (including phenoxy) is 1. The van der Waals surface area contributed by atoms with E-state index in [0.29, 0.717) is 11.1 Å². The Kier molecular flexibility index (Phi) is 1.70. The maximum atomic E-state index is 11.2. The molecule has 0 aromatic carbocycles. The van der Waals surface area contributed by atoms with Crippen LogP contribution in [0, 0.1) is 0 Å². The lowest BCUT2D eigenvalue weighted by Crippen LogP contribution is -2.15. The average Bonchev–Trinajstić information content (AvgIpc) is 2.60. The standard InChI is InChI=1S/C10H10O3/c1-5(11)9-7-3-4-8(13-7)10(9)6(2)12/h3-4,7-8H,1-2H3. The third-order valence-corrected chi connectivity index (χ3v) is 2.37. The molecule has 2 bridgehead atoms. The molecule has 0 aliphatic carbocycles. The number of hydrogen-bond donors (Lipinski definition) is 0. The highest BCUT2D eigenvalue weighted by molar-refractivity contribution is 6.07. The van der Waals surface area contributed by atoms with Gasteiger partial charge in [0.15, 0.2) is 11.6 Å². The lowest BCUT2D eigenvalue weighted by atomic mass is 9.92. The summed E-state index contributed by atoms with van der Waals surface area (Å²) in [5.74, 6) is -0.135. The van der Waals surface area contributed by atoms with Gasteiger partial charge in [-0.2, -0.15) is 0 Å². The monoisotopic (exact) mass is 178 g/mol. The van der Waals surface area contributed by atoms with Crippen molar-refractivity contribution in [3.05, 3.63) is 23.3 Å². The molecule has 2 heterocycles. The molecule has 0 spiro atoms. The SMILES string of the molecule is CC(=O)C1=C(C(C)=O)C2C=CC1O2. The zero-order valence-electron chi connectivity index (χ0n) is 7.53.